The molecule has 0 aromatic heterocycles. The third kappa shape index (κ3) is 3.04. The van der Waals surface area contributed by atoms with Crippen molar-refractivity contribution in [3.8, 4) is 5.75 Å². The van der Waals surface area contributed by atoms with Gasteiger partial charge in [-0.25, -0.2) is 13.1 Å². The summed E-state index contributed by atoms with van der Waals surface area (Å²) in [5, 5.41) is 12.6. The molecule has 0 fully saturated rings. The molecule has 1 aliphatic heterocycles. The van der Waals surface area contributed by atoms with Gasteiger partial charge in [-0.1, -0.05) is 0 Å². The smallest absolute Gasteiger partial charge is 0.256 e. The Kier molecular flexibility index (Phi) is 4.14. The van der Waals surface area contributed by atoms with E-state index in [1.165, 1.54) is 19.2 Å². The lowest BCUT2D eigenvalue weighted by atomic mass is 10.0. The second-order valence-electron chi connectivity index (χ2n) is 5.93. The number of carbonyl (C=O) groups is 1. The first kappa shape index (κ1) is 17.2. The topological polar surface area (TPSA) is 95.5 Å². The molecule has 1 amide bonds. The van der Waals surface area contributed by atoms with Crippen molar-refractivity contribution in [2.75, 3.05) is 12.4 Å². The van der Waals surface area contributed by atoms with Crippen LogP contribution in [0.3, 0.4) is 0 Å². The first-order chi connectivity index (χ1) is 11.7. The molecule has 7 heteroatoms. The van der Waals surface area contributed by atoms with Crippen molar-refractivity contribution in [3.05, 3.63) is 52.6 Å². The van der Waals surface area contributed by atoms with Crippen molar-refractivity contribution in [2.24, 2.45) is 0 Å². The third-order valence-corrected chi connectivity index (χ3v) is 5.59. The number of hydrogen-bond acceptors (Lipinski definition) is 4. The predicted octanol–water partition coefficient (Wildman–Crippen LogP) is 2.41. The number of amides is 1. The van der Waals surface area contributed by atoms with Gasteiger partial charge in [-0.05, 0) is 74.0 Å². The van der Waals surface area contributed by atoms with Crippen LogP contribution in [-0.2, 0) is 14.8 Å². The molecule has 1 aliphatic rings. The van der Waals surface area contributed by atoms with E-state index in [9.17, 15) is 18.3 Å². The molecule has 2 aromatic rings. The van der Waals surface area contributed by atoms with Crippen molar-refractivity contribution in [1.29, 1.82) is 0 Å². The Morgan fingerprint density at radius 1 is 1.12 bits per heavy atom. The minimum atomic E-state index is -3.60. The molecule has 2 aromatic carbocycles. The van der Waals surface area contributed by atoms with E-state index < -0.39 is 10.0 Å². The maximum atomic E-state index is 12.3. The molecule has 1 heterocycles. The lowest BCUT2D eigenvalue weighted by Crippen LogP contribution is -2.18. The van der Waals surface area contributed by atoms with Crippen LogP contribution < -0.4 is 10.0 Å². The quantitative estimate of drug-likeness (QED) is 0.734. The maximum absolute atomic E-state index is 12.3. The standard InChI is InChI=1S/C18H18N2O4S/c1-10-6-12(7-11(2)17(10)21)8-15-14-9-13(25(23,24)19-3)4-5-16(14)20-18(15)22/h4-9,19,21H,1-3H3,(H,20,22). The molecule has 130 valence electrons. The molecule has 0 unspecified atom stereocenters. The molecule has 0 radical (unpaired) electrons. The van der Waals surface area contributed by atoms with Crippen LogP contribution in [0.1, 0.15) is 22.3 Å². The number of aromatic hydroxyl groups is 1. The van der Waals surface area contributed by atoms with Crippen LogP contribution in [0.25, 0.3) is 11.6 Å². The second kappa shape index (κ2) is 6.02. The summed E-state index contributed by atoms with van der Waals surface area (Å²) in [6.07, 6.45) is 1.69. The van der Waals surface area contributed by atoms with Crippen LogP contribution >= 0.6 is 0 Å². The zero-order valence-electron chi connectivity index (χ0n) is 14.0. The zero-order valence-corrected chi connectivity index (χ0v) is 14.9. The summed E-state index contributed by atoms with van der Waals surface area (Å²) in [5.41, 5.74) is 3.65. The highest BCUT2D eigenvalue weighted by atomic mass is 32.2. The second-order valence-corrected chi connectivity index (χ2v) is 7.82. The van der Waals surface area contributed by atoms with Gasteiger partial charge in [0.15, 0.2) is 0 Å². The summed E-state index contributed by atoms with van der Waals surface area (Å²) >= 11 is 0. The molecule has 3 N–H and O–H groups in total. The summed E-state index contributed by atoms with van der Waals surface area (Å²) in [6.45, 7) is 3.56. The van der Waals surface area contributed by atoms with Crippen LogP contribution in [0.4, 0.5) is 5.69 Å². The molecular formula is C18H18N2O4S. The van der Waals surface area contributed by atoms with Gasteiger partial charge in [0.05, 0.1) is 4.90 Å². The molecule has 0 saturated carbocycles. The monoisotopic (exact) mass is 358 g/mol. The van der Waals surface area contributed by atoms with Crippen molar-refractivity contribution in [2.45, 2.75) is 18.7 Å². The number of fused-ring (bicyclic) bond motifs is 1. The Morgan fingerprint density at radius 3 is 2.36 bits per heavy atom. The van der Waals surface area contributed by atoms with Gasteiger partial charge in [0.25, 0.3) is 5.91 Å². The minimum Gasteiger partial charge on any atom is -0.507 e. The fraction of sp³-hybridized carbons (Fsp3) is 0.167. The highest BCUT2D eigenvalue weighted by Crippen LogP contribution is 2.35. The lowest BCUT2D eigenvalue weighted by molar-refractivity contribution is -0.110. The van der Waals surface area contributed by atoms with E-state index in [0.29, 0.717) is 28.0 Å². The van der Waals surface area contributed by atoms with Crippen LogP contribution in [0.2, 0.25) is 0 Å². The molecule has 0 spiro atoms. The lowest BCUT2D eigenvalue weighted by Gasteiger charge is -2.07. The fourth-order valence-electron chi connectivity index (χ4n) is 2.83. The summed E-state index contributed by atoms with van der Waals surface area (Å²) in [7, 11) is -2.26. The van der Waals surface area contributed by atoms with Crippen molar-refractivity contribution >= 4 is 33.3 Å². The number of phenols is 1. The molecule has 0 aliphatic carbocycles. The molecule has 3 rings (SSSR count). The minimum absolute atomic E-state index is 0.0919. The maximum Gasteiger partial charge on any atom is 0.256 e. The van der Waals surface area contributed by atoms with E-state index >= 15 is 0 Å². The Balaban J connectivity index is 2.14. The summed E-state index contributed by atoms with van der Waals surface area (Å²) < 4.78 is 26.3. The van der Waals surface area contributed by atoms with E-state index in [4.69, 9.17) is 0 Å². The number of phenolic OH excluding ortho intramolecular Hbond substituents is 1. The first-order valence-corrected chi connectivity index (χ1v) is 9.12. The predicted molar refractivity (Wildman–Crippen MR) is 96.8 cm³/mol. The van der Waals surface area contributed by atoms with Crippen molar-refractivity contribution < 1.29 is 18.3 Å². The van der Waals surface area contributed by atoms with E-state index in [2.05, 4.69) is 10.0 Å². The van der Waals surface area contributed by atoms with Crippen LogP contribution in [0.15, 0.2) is 35.2 Å². The van der Waals surface area contributed by atoms with E-state index in [-0.39, 0.29) is 16.6 Å². The van der Waals surface area contributed by atoms with Gasteiger partial charge in [0.1, 0.15) is 5.75 Å². The van der Waals surface area contributed by atoms with Gasteiger partial charge in [0.2, 0.25) is 10.0 Å². The highest BCUT2D eigenvalue weighted by Gasteiger charge is 2.26. The van der Waals surface area contributed by atoms with Crippen LogP contribution in [0.5, 0.6) is 5.75 Å². The van der Waals surface area contributed by atoms with Crippen molar-refractivity contribution in [3.63, 3.8) is 0 Å². The summed E-state index contributed by atoms with van der Waals surface area (Å²) in [4.78, 5) is 12.4. The van der Waals surface area contributed by atoms with Gasteiger partial charge in [-0.3, -0.25) is 4.79 Å². The molecular weight excluding hydrogens is 340 g/mol. The largest absolute Gasteiger partial charge is 0.507 e. The van der Waals surface area contributed by atoms with Gasteiger partial charge in [0, 0.05) is 16.8 Å². The molecule has 0 atom stereocenters. The van der Waals surface area contributed by atoms with Crippen LogP contribution in [0, 0.1) is 13.8 Å². The van der Waals surface area contributed by atoms with E-state index in [1.54, 1.807) is 38.1 Å². The molecule has 25 heavy (non-hydrogen) atoms. The highest BCUT2D eigenvalue weighted by molar-refractivity contribution is 7.89. The normalized spacial score (nSPS) is 15.3. The number of carbonyl (C=O) groups excluding carboxylic acids is 1. The number of rotatable bonds is 3. The summed E-state index contributed by atoms with van der Waals surface area (Å²) in [6, 6.07) is 8.04. The molecule has 6 nitrogen and oxygen atoms in total. The average molecular weight is 358 g/mol. The number of nitrogens with one attached hydrogen (secondary N) is 2. The third-order valence-electron chi connectivity index (χ3n) is 4.18. The number of sulfonamides is 1. The average Bonchev–Trinajstić information content (AvgIpc) is 2.87. The zero-order chi connectivity index (χ0) is 18.4. The summed E-state index contributed by atoms with van der Waals surface area (Å²) in [5.74, 6) is -0.0711. The van der Waals surface area contributed by atoms with E-state index in [0.717, 1.165) is 5.56 Å². The van der Waals surface area contributed by atoms with Crippen molar-refractivity contribution in [1.82, 2.24) is 4.72 Å². The Bertz CT molecular complexity index is 1000. The van der Waals surface area contributed by atoms with Gasteiger partial charge < -0.3 is 10.4 Å². The number of benzene rings is 2. The number of anilines is 1. The first-order valence-electron chi connectivity index (χ1n) is 7.64. The van der Waals surface area contributed by atoms with Gasteiger partial charge >= 0.3 is 0 Å². The Hall–Kier alpha value is -2.64. The Labute approximate surface area is 146 Å². The van der Waals surface area contributed by atoms with Gasteiger partial charge in [-0.15, -0.1) is 0 Å². The number of aryl methyl sites for hydroxylation is 2. The number of hydrogen-bond donors (Lipinski definition) is 3. The van der Waals surface area contributed by atoms with Gasteiger partial charge in [-0.2, -0.15) is 0 Å². The molecule has 0 bridgehead atoms. The molecule has 0 saturated heterocycles. The fourth-order valence-corrected chi connectivity index (χ4v) is 3.59. The van der Waals surface area contributed by atoms with Crippen LogP contribution in [-0.4, -0.2) is 26.5 Å². The Morgan fingerprint density at radius 2 is 1.76 bits per heavy atom. The SMILES string of the molecule is CNS(=O)(=O)c1ccc2c(c1)C(=Cc1cc(C)c(O)c(C)c1)C(=O)N2. The van der Waals surface area contributed by atoms with E-state index in [1.807, 2.05) is 0 Å².